The predicted octanol–water partition coefficient (Wildman–Crippen LogP) is 0.779. The van der Waals surface area contributed by atoms with E-state index in [0.29, 0.717) is 6.54 Å². The molecule has 1 aromatic rings. The highest BCUT2D eigenvalue weighted by Crippen LogP contribution is 2.22. The fourth-order valence-corrected chi connectivity index (χ4v) is 2.10. The van der Waals surface area contributed by atoms with Crippen molar-refractivity contribution in [2.24, 2.45) is 5.73 Å². The first kappa shape index (κ1) is 12.3. The number of hydrogen-bond acceptors (Lipinski definition) is 5. The first-order valence-electron chi connectivity index (χ1n) is 6.09. The molecule has 2 heterocycles. The molecular formula is C12H20N4O. The molecule has 94 valence electrons. The molecule has 1 saturated heterocycles. The highest BCUT2D eigenvalue weighted by molar-refractivity contribution is 5.50. The number of aryl methyl sites for hydroxylation is 1. The van der Waals surface area contributed by atoms with E-state index in [9.17, 15) is 0 Å². The number of aromatic nitrogens is 2. The third-order valence-electron chi connectivity index (χ3n) is 3.29. The van der Waals surface area contributed by atoms with Crippen molar-refractivity contribution in [3.8, 4) is 0 Å². The Morgan fingerprint density at radius 3 is 2.82 bits per heavy atom. The van der Waals surface area contributed by atoms with Gasteiger partial charge in [0.2, 0.25) is 0 Å². The molecule has 5 nitrogen and oxygen atoms in total. The Morgan fingerprint density at radius 2 is 2.06 bits per heavy atom. The lowest BCUT2D eigenvalue weighted by atomic mass is 10.1. The van der Waals surface area contributed by atoms with Gasteiger partial charge >= 0.3 is 0 Å². The maximum absolute atomic E-state index is 5.84. The van der Waals surface area contributed by atoms with Gasteiger partial charge in [-0.25, -0.2) is 0 Å². The van der Waals surface area contributed by atoms with Crippen molar-refractivity contribution in [1.29, 1.82) is 0 Å². The van der Waals surface area contributed by atoms with E-state index in [1.165, 1.54) is 0 Å². The van der Waals surface area contributed by atoms with Crippen LogP contribution in [0.1, 0.15) is 23.2 Å². The summed E-state index contributed by atoms with van der Waals surface area (Å²) in [4.78, 5) is 2.23. The smallest absolute Gasteiger partial charge is 0.156 e. The molecular weight excluding hydrogens is 216 g/mol. The molecule has 0 bridgehead atoms. The van der Waals surface area contributed by atoms with Crippen LogP contribution < -0.4 is 10.6 Å². The predicted molar refractivity (Wildman–Crippen MR) is 67.0 cm³/mol. The van der Waals surface area contributed by atoms with Gasteiger partial charge in [0.1, 0.15) is 0 Å². The molecule has 2 rings (SSSR count). The third-order valence-corrected chi connectivity index (χ3v) is 3.29. The molecule has 5 heteroatoms. The Kier molecular flexibility index (Phi) is 3.91. The minimum absolute atomic E-state index is 0.509. The number of hydrogen-bond donors (Lipinski definition) is 1. The summed E-state index contributed by atoms with van der Waals surface area (Å²) in [6.45, 7) is 7.94. The number of nitrogens with two attached hydrogens (primary N) is 1. The maximum Gasteiger partial charge on any atom is 0.156 e. The van der Waals surface area contributed by atoms with E-state index < -0.39 is 0 Å². The summed E-state index contributed by atoms with van der Waals surface area (Å²) in [5, 5.41) is 8.52. The Labute approximate surface area is 102 Å². The summed E-state index contributed by atoms with van der Waals surface area (Å²) in [5.74, 6) is 0.932. The normalized spacial score (nSPS) is 17.0. The molecule has 0 aliphatic carbocycles. The topological polar surface area (TPSA) is 64.3 Å². The summed E-state index contributed by atoms with van der Waals surface area (Å²) >= 11 is 0. The van der Waals surface area contributed by atoms with Crippen molar-refractivity contribution in [3.05, 3.63) is 16.8 Å². The van der Waals surface area contributed by atoms with E-state index in [1.807, 2.05) is 6.92 Å². The molecule has 2 N–H and O–H groups in total. The van der Waals surface area contributed by atoms with E-state index in [4.69, 9.17) is 10.5 Å². The van der Waals surface area contributed by atoms with Crippen molar-refractivity contribution >= 4 is 5.82 Å². The van der Waals surface area contributed by atoms with E-state index in [0.717, 1.165) is 55.4 Å². The van der Waals surface area contributed by atoms with Gasteiger partial charge in [0.15, 0.2) is 5.82 Å². The van der Waals surface area contributed by atoms with Crippen LogP contribution in [-0.4, -0.2) is 36.5 Å². The Morgan fingerprint density at radius 1 is 1.24 bits per heavy atom. The minimum atomic E-state index is 0.509. The van der Waals surface area contributed by atoms with Crippen LogP contribution in [0.25, 0.3) is 0 Å². The first-order chi connectivity index (χ1) is 8.24. The molecule has 0 saturated carbocycles. The molecule has 0 amide bonds. The lowest BCUT2D eigenvalue weighted by Crippen LogP contribution is -2.29. The molecule has 17 heavy (non-hydrogen) atoms. The van der Waals surface area contributed by atoms with Crippen LogP contribution in [0.2, 0.25) is 0 Å². The van der Waals surface area contributed by atoms with E-state index in [1.54, 1.807) is 0 Å². The SMILES string of the molecule is Cc1nnc(N2CCCOCC2)c(CN)c1C. The van der Waals surface area contributed by atoms with Crippen molar-refractivity contribution in [2.45, 2.75) is 26.8 Å². The van der Waals surface area contributed by atoms with Gasteiger partial charge in [0.05, 0.1) is 12.3 Å². The first-order valence-corrected chi connectivity index (χ1v) is 6.09. The molecule has 1 aromatic heterocycles. The van der Waals surface area contributed by atoms with Crippen molar-refractivity contribution in [2.75, 3.05) is 31.2 Å². The van der Waals surface area contributed by atoms with Gasteiger partial charge in [-0.05, 0) is 25.8 Å². The number of rotatable bonds is 2. The van der Waals surface area contributed by atoms with E-state index in [2.05, 4.69) is 22.0 Å². The molecule has 1 aliphatic rings. The average molecular weight is 236 g/mol. The monoisotopic (exact) mass is 236 g/mol. The zero-order chi connectivity index (χ0) is 12.3. The zero-order valence-electron chi connectivity index (χ0n) is 10.6. The van der Waals surface area contributed by atoms with Gasteiger partial charge in [-0.2, -0.15) is 5.10 Å². The molecule has 0 atom stereocenters. The van der Waals surface area contributed by atoms with Crippen LogP contribution in [0.4, 0.5) is 5.82 Å². The molecule has 1 aliphatic heterocycles. The largest absolute Gasteiger partial charge is 0.380 e. The van der Waals surface area contributed by atoms with E-state index >= 15 is 0 Å². The molecule has 0 unspecified atom stereocenters. The second-order valence-electron chi connectivity index (χ2n) is 4.37. The number of ether oxygens (including phenoxy) is 1. The summed E-state index contributed by atoms with van der Waals surface area (Å²) in [6, 6.07) is 0. The fraction of sp³-hybridized carbons (Fsp3) is 0.667. The van der Waals surface area contributed by atoms with Crippen LogP contribution in [0.15, 0.2) is 0 Å². The Hall–Kier alpha value is -1.20. The van der Waals surface area contributed by atoms with E-state index in [-0.39, 0.29) is 0 Å². The van der Waals surface area contributed by atoms with Gasteiger partial charge in [0.25, 0.3) is 0 Å². The summed E-state index contributed by atoms with van der Waals surface area (Å²) in [5.41, 5.74) is 9.06. The summed E-state index contributed by atoms with van der Waals surface area (Å²) < 4.78 is 5.45. The Balaban J connectivity index is 2.33. The lowest BCUT2D eigenvalue weighted by Gasteiger charge is -2.23. The van der Waals surface area contributed by atoms with Crippen LogP contribution in [0.3, 0.4) is 0 Å². The standard InChI is InChI=1S/C12H20N4O/c1-9-10(2)14-15-12(11(9)8-13)16-4-3-6-17-7-5-16/h3-8,13H2,1-2H3. The van der Waals surface area contributed by atoms with Crippen LogP contribution in [0, 0.1) is 13.8 Å². The summed E-state index contributed by atoms with van der Waals surface area (Å²) in [6.07, 6.45) is 1.03. The fourth-order valence-electron chi connectivity index (χ4n) is 2.10. The van der Waals surface area contributed by atoms with Crippen LogP contribution in [0.5, 0.6) is 0 Å². The highest BCUT2D eigenvalue weighted by Gasteiger charge is 2.17. The maximum atomic E-state index is 5.84. The highest BCUT2D eigenvalue weighted by atomic mass is 16.5. The molecule has 0 radical (unpaired) electrons. The number of anilines is 1. The molecule has 1 fully saturated rings. The third kappa shape index (κ3) is 2.56. The van der Waals surface area contributed by atoms with Crippen LogP contribution >= 0.6 is 0 Å². The quantitative estimate of drug-likeness (QED) is 0.822. The Bertz CT molecular complexity index is 386. The molecule has 0 aromatic carbocycles. The van der Waals surface area contributed by atoms with Crippen molar-refractivity contribution < 1.29 is 4.74 Å². The number of nitrogens with zero attached hydrogens (tertiary/aromatic N) is 3. The van der Waals surface area contributed by atoms with Gasteiger partial charge in [-0.15, -0.1) is 5.10 Å². The van der Waals surface area contributed by atoms with Crippen LogP contribution in [-0.2, 0) is 11.3 Å². The second kappa shape index (κ2) is 5.42. The average Bonchev–Trinajstić information content (AvgIpc) is 2.61. The summed E-state index contributed by atoms with van der Waals surface area (Å²) in [7, 11) is 0. The minimum Gasteiger partial charge on any atom is -0.380 e. The molecule has 0 spiro atoms. The van der Waals surface area contributed by atoms with Crippen molar-refractivity contribution in [1.82, 2.24) is 10.2 Å². The van der Waals surface area contributed by atoms with Gasteiger partial charge in [-0.1, -0.05) is 0 Å². The zero-order valence-corrected chi connectivity index (χ0v) is 10.6. The second-order valence-corrected chi connectivity index (χ2v) is 4.37. The van der Waals surface area contributed by atoms with Gasteiger partial charge < -0.3 is 15.4 Å². The van der Waals surface area contributed by atoms with Gasteiger partial charge in [0, 0.05) is 31.8 Å². The van der Waals surface area contributed by atoms with Gasteiger partial charge in [-0.3, -0.25) is 0 Å². The lowest BCUT2D eigenvalue weighted by molar-refractivity contribution is 0.152. The van der Waals surface area contributed by atoms with Crippen molar-refractivity contribution in [3.63, 3.8) is 0 Å².